The van der Waals surface area contributed by atoms with Crippen molar-refractivity contribution in [3.8, 4) is 0 Å². The van der Waals surface area contributed by atoms with Gasteiger partial charge in [-0.05, 0) is 24.7 Å². The standard InChI is InChI=1S/C21H32O3S/c1-6-21(7-2)14-23-19(24-15-21)17-10-8-16(9-11-17)18(22)25-13-12-20(3,4)5/h8-11,19H,6-7,12-15H2,1-5H3. The molecule has 140 valence electrons. The van der Waals surface area contributed by atoms with E-state index in [0.717, 1.165) is 49.4 Å². The van der Waals surface area contributed by atoms with Crippen LogP contribution in [0.4, 0.5) is 0 Å². The molecule has 0 radical (unpaired) electrons. The van der Waals surface area contributed by atoms with Crippen LogP contribution in [0.5, 0.6) is 0 Å². The lowest BCUT2D eigenvalue weighted by Crippen LogP contribution is -2.37. The molecule has 1 fully saturated rings. The van der Waals surface area contributed by atoms with Crippen molar-refractivity contribution < 1.29 is 14.3 Å². The van der Waals surface area contributed by atoms with Gasteiger partial charge in [0, 0.05) is 22.3 Å². The Labute approximate surface area is 156 Å². The van der Waals surface area contributed by atoms with Crippen LogP contribution in [0.2, 0.25) is 0 Å². The van der Waals surface area contributed by atoms with E-state index in [4.69, 9.17) is 9.47 Å². The van der Waals surface area contributed by atoms with Crippen LogP contribution in [0, 0.1) is 10.8 Å². The quantitative estimate of drug-likeness (QED) is 0.634. The zero-order valence-corrected chi connectivity index (χ0v) is 17.1. The highest BCUT2D eigenvalue weighted by molar-refractivity contribution is 8.14. The Balaban J connectivity index is 1.89. The van der Waals surface area contributed by atoms with E-state index in [0.29, 0.717) is 0 Å². The van der Waals surface area contributed by atoms with Gasteiger partial charge in [-0.25, -0.2) is 0 Å². The third kappa shape index (κ3) is 5.83. The molecule has 2 rings (SSSR count). The Bertz CT molecular complexity index is 545. The molecule has 25 heavy (non-hydrogen) atoms. The fourth-order valence-electron chi connectivity index (χ4n) is 2.75. The van der Waals surface area contributed by atoms with Gasteiger partial charge in [0.15, 0.2) is 6.29 Å². The first-order valence-electron chi connectivity index (χ1n) is 9.29. The second-order valence-corrected chi connectivity index (χ2v) is 9.30. The molecule has 0 unspecified atom stereocenters. The molecule has 0 saturated carbocycles. The normalized spacial score (nSPS) is 18.3. The lowest BCUT2D eigenvalue weighted by molar-refractivity contribution is -0.235. The van der Waals surface area contributed by atoms with Gasteiger partial charge in [0.05, 0.1) is 13.2 Å². The van der Waals surface area contributed by atoms with Crippen molar-refractivity contribution in [2.75, 3.05) is 19.0 Å². The minimum absolute atomic E-state index is 0.136. The molecule has 1 heterocycles. The SMILES string of the molecule is CCC1(CC)COC(c2ccc(C(=O)SCCC(C)(C)C)cc2)OC1. The van der Waals surface area contributed by atoms with Crippen LogP contribution in [0.1, 0.15) is 76.1 Å². The highest BCUT2D eigenvalue weighted by Gasteiger charge is 2.34. The van der Waals surface area contributed by atoms with E-state index in [9.17, 15) is 4.79 Å². The minimum atomic E-state index is -0.316. The number of benzene rings is 1. The number of ether oxygens (including phenoxy) is 2. The second-order valence-electron chi connectivity index (χ2n) is 8.23. The van der Waals surface area contributed by atoms with E-state index in [2.05, 4.69) is 34.6 Å². The van der Waals surface area contributed by atoms with Gasteiger partial charge in [0.1, 0.15) is 0 Å². The monoisotopic (exact) mass is 364 g/mol. The van der Waals surface area contributed by atoms with Crippen LogP contribution in [0.3, 0.4) is 0 Å². The van der Waals surface area contributed by atoms with Gasteiger partial charge in [0.2, 0.25) is 5.12 Å². The van der Waals surface area contributed by atoms with Crippen molar-refractivity contribution >= 4 is 16.9 Å². The molecule has 0 atom stereocenters. The van der Waals surface area contributed by atoms with Gasteiger partial charge in [0.25, 0.3) is 0 Å². The average molecular weight is 365 g/mol. The van der Waals surface area contributed by atoms with Crippen LogP contribution in [-0.4, -0.2) is 24.1 Å². The summed E-state index contributed by atoms with van der Waals surface area (Å²) in [5, 5.41) is 0.136. The second kappa shape index (κ2) is 8.70. The van der Waals surface area contributed by atoms with Crippen molar-refractivity contribution in [3.63, 3.8) is 0 Å². The molecule has 0 bridgehead atoms. The summed E-state index contributed by atoms with van der Waals surface area (Å²) in [4.78, 5) is 12.3. The van der Waals surface area contributed by atoms with Crippen LogP contribution >= 0.6 is 11.8 Å². The summed E-state index contributed by atoms with van der Waals surface area (Å²) in [6.45, 7) is 12.4. The van der Waals surface area contributed by atoms with E-state index >= 15 is 0 Å². The highest BCUT2D eigenvalue weighted by atomic mass is 32.2. The molecule has 0 N–H and O–H groups in total. The molecular weight excluding hydrogens is 332 g/mol. The Morgan fingerprint density at radius 1 is 1.12 bits per heavy atom. The summed E-state index contributed by atoms with van der Waals surface area (Å²) < 4.78 is 11.9. The summed E-state index contributed by atoms with van der Waals surface area (Å²) in [7, 11) is 0. The predicted molar refractivity (Wildman–Crippen MR) is 105 cm³/mol. The van der Waals surface area contributed by atoms with Crippen LogP contribution in [0.25, 0.3) is 0 Å². The van der Waals surface area contributed by atoms with E-state index in [1.807, 2.05) is 24.3 Å². The van der Waals surface area contributed by atoms with Crippen molar-refractivity contribution in [1.29, 1.82) is 0 Å². The largest absolute Gasteiger partial charge is 0.348 e. The third-order valence-corrected chi connectivity index (χ3v) is 5.99. The van der Waals surface area contributed by atoms with Gasteiger partial charge >= 0.3 is 0 Å². The summed E-state index contributed by atoms with van der Waals surface area (Å²) in [5.41, 5.74) is 2.14. The first-order valence-corrected chi connectivity index (χ1v) is 10.3. The van der Waals surface area contributed by atoms with E-state index in [1.54, 1.807) is 0 Å². The van der Waals surface area contributed by atoms with Crippen LogP contribution in [-0.2, 0) is 9.47 Å². The number of hydrogen-bond donors (Lipinski definition) is 0. The minimum Gasteiger partial charge on any atom is -0.348 e. The molecule has 1 aromatic rings. The zero-order chi connectivity index (χ0) is 18.5. The summed E-state index contributed by atoms with van der Waals surface area (Å²) >= 11 is 1.40. The molecule has 1 saturated heterocycles. The van der Waals surface area contributed by atoms with Crippen LogP contribution in [0.15, 0.2) is 24.3 Å². The Morgan fingerprint density at radius 3 is 2.16 bits per heavy atom. The molecule has 0 spiro atoms. The first-order chi connectivity index (χ1) is 11.8. The number of thioether (sulfide) groups is 1. The molecule has 1 aromatic carbocycles. The Hall–Kier alpha value is -0.840. The highest BCUT2D eigenvalue weighted by Crippen LogP contribution is 2.36. The third-order valence-electron chi connectivity index (χ3n) is 5.09. The van der Waals surface area contributed by atoms with Gasteiger partial charge in [-0.3, -0.25) is 4.79 Å². The molecule has 4 heteroatoms. The molecule has 1 aliphatic heterocycles. The van der Waals surface area contributed by atoms with Gasteiger partial charge < -0.3 is 9.47 Å². The fraction of sp³-hybridized carbons (Fsp3) is 0.667. The van der Waals surface area contributed by atoms with Crippen molar-refractivity contribution in [3.05, 3.63) is 35.4 Å². The molecule has 0 aromatic heterocycles. The molecule has 3 nitrogen and oxygen atoms in total. The molecule has 0 amide bonds. The maximum atomic E-state index is 12.3. The summed E-state index contributed by atoms with van der Waals surface area (Å²) in [6.07, 6.45) is 2.84. The molecule has 1 aliphatic rings. The van der Waals surface area contributed by atoms with E-state index < -0.39 is 0 Å². The Morgan fingerprint density at radius 2 is 1.68 bits per heavy atom. The average Bonchev–Trinajstić information content (AvgIpc) is 2.61. The number of rotatable bonds is 6. The zero-order valence-electron chi connectivity index (χ0n) is 16.3. The Kier molecular flexibility index (Phi) is 7.12. The van der Waals surface area contributed by atoms with Crippen molar-refractivity contribution in [1.82, 2.24) is 0 Å². The van der Waals surface area contributed by atoms with E-state index in [1.165, 1.54) is 11.8 Å². The fourth-order valence-corrected chi connectivity index (χ4v) is 3.96. The number of hydrogen-bond acceptors (Lipinski definition) is 4. The number of carbonyl (C=O) groups is 1. The lowest BCUT2D eigenvalue weighted by atomic mass is 9.83. The smallest absolute Gasteiger partial charge is 0.219 e. The first kappa shape index (κ1) is 20.5. The maximum absolute atomic E-state index is 12.3. The lowest BCUT2D eigenvalue weighted by Gasteiger charge is -2.39. The van der Waals surface area contributed by atoms with Crippen molar-refractivity contribution in [2.45, 2.75) is 60.2 Å². The van der Waals surface area contributed by atoms with Crippen molar-refractivity contribution in [2.24, 2.45) is 10.8 Å². The van der Waals surface area contributed by atoms with E-state index in [-0.39, 0.29) is 22.2 Å². The molecular formula is C21H32O3S. The molecule has 0 aliphatic carbocycles. The van der Waals surface area contributed by atoms with Gasteiger partial charge in [-0.1, -0.05) is 70.6 Å². The maximum Gasteiger partial charge on any atom is 0.219 e. The van der Waals surface area contributed by atoms with Gasteiger partial charge in [-0.15, -0.1) is 0 Å². The predicted octanol–water partition coefficient (Wildman–Crippen LogP) is 5.85. The van der Waals surface area contributed by atoms with Crippen LogP contribution < -0.4 is 0 Å². The number of carbonyl (C=O) groups excluding carboxylic acids is 1. The topological polar surface area (TPSA) is 35.5 Å². The summed E-state index contributed by atoms with van der Waals surface area (Å²) in [5.74, 6) is 0.856. The van der Waals surface area contributed by atoms with Gasteiger partial charge in [-0.2, -0.15) is 0 Å². The summed E-state index contributed by atoms with van der Waals surface area (Å²) in [6, 6.07) is 7.67.